The molecule has 92 valence electrons. The molecule has 0 aliphatic heterocycles. The summed E-state index contributed by atoms with van der Waals surface area (Å²) in [6, 6.07) is 0. The minimum absolute atomic E-state index is 0.151. The Labute approximate surface area is 103 Å². The van der Waals surface area contributed by atoms with E-state index in [1.807, 2.05) is 0 Å². The fraction of sp³-hybridized carbons (Fsp3) is 1.00. The predicted octanol–water partition coefficient (Wildman–Crippen LogP) is 3.04. The van der Waals surface area contributed by atoms with Gasteiger partial charge in [0.1, 0.15) is 0 Å². The predicted molar refractivity (Wildman–Crippen MR) is 71.5 cm³/mol. The largest absolute Gasteiger partial charge is 0.443 e. The van der Waals surface area contributed by atoms with Gasteiger partial charge in [-0.25, -0.2) is 0 Å². The maximum Gasteiger partial charge on any atom is 0.283 e. The second-order valence-electron chi connectivity index (χ2n) is 6.02. The van der Waals surface area contributed by atoms with Crippen molar-refractivity contribution in [3.05, 3.63) is 0 Å². The molecule has 0 N–H and O–H groups in total. The molecule has 2 nitrogen and oxygen atoms in total. The fourth-order valence-corrected chi connectivity index (χ4v) is 0.678. The highest BCUT2D eigenvalue weighted by molar-refractivity contribution is 6.93. The average molecular weight is 224 g/mol. The van der Waals surface area contributed by atoms with Crippen molar-refractivity contribution in [3.63, 3.8) is 0 Å². The van der Waals surface area contributed by atoms with Gasteiger partial charge in [0.2, 0.25) is 0 Å². The van der Waals surface area contributed by atoms with Crippen LogP contribution in [0.3, 0.4) is 0 Å². The van der Waals surface area contributed by atoms with Crippen LogP contribution in [0.2, 0.25) is 0 Å². The molecule has 0 amide bonds. The van der Waals surface area contributed by atoms with Crippen molar-refractivity contribution in [3.8, 4) is 0 Å². The van der Waals surface area contributed by atoms with Gasteiger partial charge in [-0.15, -0.1) is 0 Å². The van der Waals surface area contributed by atoms with Gasteiger partial charge < -0.3 is 9.31 Å². The quantitative estimate of drug-likeness (QED) is 0.488. The first-order valence-corrected chi connectivity index (χ1v) is 6.10. The lowest BCUT2D eigenvalue weighted by molar-refractivity contribution is 0.0544. The van der Waals surface area contributed by atoms with Gasteiger partial charge in [0.05, 0.1) is 0 Å². The Bertz CT molecular complexity index is 179. The van der Waals surface area contributed by atoms with E-state index < -0.39 is 0 Å². The van der Waals surface area contributed by atoms with E-state index in [0.29, 0.717) is 11.8 Å². The molecule has 16 heavy (non-hydrogen) atoms. The Hall–Kier alpha value is 0.0499. The molecule has 0 aromatic rings. The maximum atomic E-state index is 5.66. The smallest absolute Gasteiger partial charge is 0.283 e. The number of hydrogen-bond acceptors (Lipinski definition) is 2. The summed E-state index contributed by atoms with van der Waals surface area (Å²) in [6.07, 6.45) is 0. The minimum Gasteiger partial charge on any atom is -0.443 e. The lowest BCUT2D eigenvalue weighted by atomic mass is 9.62. The highest BCUT2D eigenvalue weighted by atomic mass is 16.5. The normalized spacial score (nSPS) is 13.4. The second kappa shape index (κ2) is 6.11. The third-order valence-corrected chi connectivity index (χ3v) is 3.58. The lowest BCUT2D eigenvalue weighted by Crippen LogP contribution is -2.38. The van der Waals surface area contributed by atoms with Gasteiger partial charge in [-0.2, -0.15) is 0 Å². The van der Waals surface area contributed by atoms with Crippen LogP contribution in [-0.2, 0) is 9.31 Å². The molecule has 0 saturated heterocycles. The fourth-order valence-electron chi connectivity index (χ4n) is 0.678. The van der Waals surface area contributed by atoms with Crippen molar-refractivity contribution in [2.24, 2.45) is 11.8 Å². The van der Waals surface area contributed by atoms with Crippen LogP contribution in [0.5, 0.6) is 0 Å². The summed E-state index contributed by atoms with van der Waals surface area (Å²) in [7, 11) is 3.31. The molecule has 0 rings (SSSR count). The number of hydrogen-bond donors (Lipinski definition) is 0. The van der Waals surface area contributed by atoms with Crippen LogP contribution < -0.4 is 0 Å². The van der Waals surface area contributed by atoms with E-state index in [-0.39, 0.29) is 11.2 Å². The van der Waals surface area contributed by atoms with Gasteiger partial charge in [0, 0.05) is 11.2 Å². The molecule has 0 aliphatic rings. The average Bonchev–Trinajstić information content (AvgIpc) is 2.12. The van der Waals surface area contributed by atoms with Crippen LogP contribution in [0, 0.1) is 11.8 Å². The summed E-state index contributed by atoms with van der Waals surface area (Å²) in [5, 5.41) is 0. The zero-order valence-corrected chi connectivity index (χ0v) is 12.1. The summed E-state index contributed by atoms with van der Waals surface area (Å²) in [6.45, 7) is 16.9. The first-order valence-electron chi connectivity index (χ1n) is 6.10. The van der Waals surface area contributed by atoms with Crippen molar-refractivity contribution in [1.82, 2.24) is 0 Å². The maximum absolute atomic E-state index is 5.66. The Morgan fingerprint density at radius 3 is 1.12 bits per heavy atom. The topological polar surface area (TPSA) is 18.5 Å². The molecule has 0 saturated carbocycles. The molecule has 2 radical (unpaired) electrons. The van der Waals surface area contributed by atoms with Crippen LogP contribution in [-0.4, -0.2) is 25.9 Å². The summed E-state index contributed by atoms with van der Waals surface area (Å²) in [4.78, 5) is 0. The molecule has 0 spiro atoms. The van der Waals surface area contributed by atoms with E-state index in [4.69, 9.17) is 9.31 Å². The molecular weight excluding hydrogens is 198 g/mol. The van der Waals surface area contributed by atoms with Gasteiger partial charge in [-0.05, 0) is 39.5 Å². The van der Waals surface area contributed by atoms with Crippen molar-refractivity contribution in [1.29, 1.82) is 0 Å². The first-order chi connectivity index (χ1) is 7.09. The van der Waals surface area contributed by atoms with Crippen LogP contribution in [0.1, 0.15) is 55.4 Å². The van der Waals surface area contributed by atoms with Crippen molar-refractivity contribution in [2.45, 2.75) is 66.6 Å². The van der Waals surface area contributed by atoms with Crippen LogP contribution in [0.4, 0.5) is 0 Å². The van der Waals surface area contributed by atoms with Crippen molar-refractivity contribution < 1.29 is 9.31 Å². The summed E-state index contributed by atoms with van der Waals surface area (Å²) < 4.78 is 11.3. The molecule has 0 heterocycles. The zero-order valence-electron chi connectivity index (χ0n) is 12.1. The number of rotatable bonds is 7. The molecule has 0 aliphatic carbocycles. The van der Waals surface area contributed by atoms with Gasteiger partial charge >= 0.3 is 0 Å². The third-order valence-electron chi connectivity index (χ3n) is 3.58. The standard InChI is InChI=1S/C12H26B2O2/c1-9(2)11(5,6)15-13-14-16-12(7,8)10(3)4/h9-10H,1-8H3. The van der Waals surface area contributed by atoms with Gasteiger partial charge in [0.15, 0.2) is 0 Å². The van der Waals surface area contributed by atoms with Crippen LogP contribution in [0.25, 0.3) is 0 Å². The van der Waals surface area contributed by atoms with E-state index in [1.54, 1.807) is 14.7 Å². The second-order valence-corrected chi connectivity index (χ2v) is 6.02. The Morgan fingerprint density at radius 1 is 0.688 bits per heavy atom. The first kappa shape index (κ1) is 16.0. The molecule has 0 fully saturated rings. The molecule has 4 heteroatoms. The molecule has 0 unspecified atom stereocenters. The van der Waals surface area contributed by atoms with Crippen molar-refractivity contribution >= 4 is 14.7 Å². The summed E-state index contributed by atoms with van der Waals surface area (Å²) in [5.41, 5.74) is -0.302. The Kier molecular flexibility index (Phi) is 6.13. The van der Waals surface area contributed by atoms with Gasteiger partial charge in [-0.1, -0.05) is 27.7 Å². The van der Waals surface area contributed by atoms with Gasteiger partial charge in [0.25, 0.3) is 14.7 Å². The molecule has 0 aromatic heterocycles. The van der Waals surface area contributed by atoms with Gasteiger partial charge in [-0.3, -0.25) is 0 Å². The minimum atomic E-state index is -0.151. The molecule has 0 aromatic carbocycles. The molecular formula is C12H26B2O2. The van der Waals surface area contributed by atoms with E-state index >= 15 is 0 Å². The van der Waals surface area contributed by atoms with E-state index in [9.17, 15) is 0 Å². The SMILES string of the molecule is CC(C)C(C)(C)O[B][B]OC(C)(C)C(C)C. The summed E-state index contributed by atoms with van der Waals surface area (Å²) >= 11 is 0. The Balaban J connectivity index is 3.85. The highest BCUT2D eigenvalue weighted by Crippen LogP contribution is 2.21. The van der Waals surface area contributed by atoms with Crippen molar-refractivity contribution in [2.75, 3.05) is 0 Å². The van der Waals surface area contributed by atoms with E-state index in [2.05, 4.69) is 55.4 Å². The highest BCUT2D eigenvalue weighted by Gasteiger charge is 2.26. The van der Waals surface area contributed by atoms with Crippen LogP contribution in [0.15, 0.2) is 0 Å². The third kappa shape index (κ3) is 5.40. The van der Waals surface area contributed by atoms with E-state index in [0.717, 1.165) is 0 Å². The monoisotopic (exact) mass is 224 g/mol. The lowest BCUT2D eigenvalue weighted by Gasteiger charge is -2.32. The summed E-state index contributed by atoms with van der Waals surface area (Å²) in [5.74, 6) is 0.936. The van der Waals surface area contributed by atoms with E-state index in [1.165, 1.54) is 0 Å². The molecule has 0 atom stereocenters. The molecule has 0 bridgehead atoms. The zero-order chi connectivity index (χ0) is 13.0. The van der Waals surface area contributed by atoms with Crippen LogP contribution >= 0.6 is 0 Å². The Morgan fingerprint density at radius 2 is 0.938 bits per heavy atom.